The summed E-state index contributed by atoms with van der Waals surface area (Å²) in [4.78, 5) is 21.1. The number of nitrogens with two attached hydrogens (primary N) is 1. The minimum atomic E-state index is -0.179. The van der Waals surface area contributed by atoms with Crippen molar-refractivity contribution in [3.8, 4) is 0 Å². The first-order valence-corrected chi connectivity index (χ1v) is 8.49. The molecular formula is C13H19N5OS2. The number of rotatable bonds is 7. The van der Waals surface area contributed by atoms with Crippen molar-refractivity contribution in [1.82, 2.24) is 15.3 Å². The average molecular weight is 325 g/mol. The number of aromatic nitrogens is 2. The van der Waals surface area contributed by atoms with Gasteiger partial charge < -0.3 is 16.4 Å². The topological polar surface area (TPSA) is 92.9 Å². The highest BCUT2D eigenvalue weighted by Crippen LogP contribution is 2.24. The Hall–Kier alpha value is -1.67. The molecule has 0 spiro atoms. The fourth-order valence-electron chi connectivity index (χ4n) is 1.71. The van der Waals surface area contributed by atoms with Crippen LogP contribution >= 0.6 is 22.7 Å². The summed E-state index contributed by atoms with van der Waals surface area (Å²) in [5, 5.41) is 9.72. The third kappa shape index (κ3) is 4.40. The standard InChI is InChI=1S/C13H19N5OS2/c1-3-5-16-13-18-11(14)10(21-13)12(19)15-6-4-9-7-20-8(2)17-9/h7H,3-6,14H2,1-2H3,(H,15,19)(H,16,18). The number of nitrogens with one attached hydrogen (secondary N) is 2. The highest BCUT2D eigenvalue weighted by molar-refractivity contribution is 7.18. The van der Waals surface area contributed by atoms with Crippen LogP contribution in [-0.2, 0) is 6.42 Å². The van der Waals surface area contributed by atoms with E-state index in [2.05, 4.69) is 27.5 Å². The molecule has 2 heterocycles. The molecule has 2 rings (SSSR count). The lowest BCUT2D eigenvalue weighted by atomic mass is 10.3. The van der Waals surface area contributed by atoms with Crippen molar-refractivity contribution in [2.45, 2.75) is 26.7 Å². The Labute approximate surface area is 131 Å². The Morgan fingerprint density at radius 3 is 2.86 bits per heavy atom. The van der Waals surface area contributed by atoms with Crippen LogP contribution in [0.2, 0.25) is 0 Å². The first kappa shape index (κ1) is 15.7. The van der Waals surface area contributed by atoms with Crippen LogP contribution in [0, 0.1) is 6.92 Å². The van der Waals surface area contributed by atoms with Crippen molar-refractivity contribution >= 4 is 39.5 Å². The molecule has 8 heteroatoms. The first-order chi connectivity index (χ1) is 10.1. The van der Waals surface area contributed by atoms with Gasteiger partial charge in [0.05, 0.1) is 10.7 Å². The lowest BCUT2D eigenvalue weighted by molar-refractivity contribution is 0.0959. The first-order valence-electron chi connectivity index (χ1n) is 6.79. The molecule has 0 fully saturated rings. The minimum absolute atomic E-state index is 0.179. The molecule has 0 aliphatic rings. The molecule has 0 saturated heterocycles. The SMILES string of the molecule is CCCNc1nc(N)c(C(=O)NCCc2csc(C)n2)s1. The molecule has 0 saturated carbocycles. The van der Waals surface area contributed by atoms with Crippen molar-refractivity contribution in [3.05, 3.63) is 21.0 Å². The number of thiazole rings is 2. The van der Waals surface area contributed by atoms with Gasteiger partial charge in [0.25, 0.3) is 5.91 Å². The van der Waals surface area contributed by atoms with Gasteiger partial charge in [-0.15, -0.1) is 11.3 Å². The molecule has 0 aliphatic heterocycles. The predicted molar refractivity (Wildman–Crippen MR) is 88.2 cm³/mol. The van der Waals surface area contributed by atoms with E-state index < -0.39 is 0 Å². The summed E-state index contributed by atoms with van der Waals surface area (Å²) in [6, 6.07) is 0. The van der Waals surface area contributed by atoms with Gasteiger partial charge in [0, 0.05) is 24.9 Å². The smallest absolute Gasteiger partial charge is 0.265 e. The zero-order chi connectivity index (χ0) is 15.2. The highest BCUT2D eigenvalue weighted by Gasteiger charge is 2.15. The summed E-state index contributed by atoms with van der Waals surface area (Å²) >= 11 is 2.90. The fraction of sp³-hybridized carbons (Fsp3) is 0.462. The van der Waals surface area contributed by atoms with Gasteiger partial charge in [-0.2, -0.15) is 0 Å². The molecule has 0 aliphatic carbocycles. The third-order valence-electron chi connectivity index (χ3n) is 2.72. The van der Waals surface area contributed by atoms with Crippen LogP contribution < -0.4 is 16.4 Å². The van der Waals surface area contributed by atoms with E-state index in [-0.39, 0.29) is 11.7 Å². The van der Waals surface area contributed by atoms with Crippen LogP contribution in [0.3, 0.4) is 0 Å². The zero-order valence-electron chi connectivity index (χ0n) is 12.1. The summed E-state index contributed by atoms with van der Waals surface area (Å²) in [6.45, 7) is 5.39. The number of hydrogen-bond donors (Lipinski definition) is 3. The monoisotopic (exact) mass is 325 g/mol. The van der Waals surface area contributed by atoms with Crippen LogP contribution in [-0.4, -0.2) is 29.0 Å². The maximum atomic E-state index is 12.1. The molecule has 0 atom stereocenters. The quantitative estimate of drug-likeness (QED) is 0.726. The molecule has 2 aromatic heterocycles. The van der Waals surface area contributed by atoms with Crippen molar-refractivity contribution in [2.24, 2.45) is 0 Å². The number of amides is 1. The molecule has 1 amide bonds. The summed E-state index contributed by atoms with van der Waals surface area (Å²) in [5.41, 5.74) is 6.79. The molecule has 114 valence electrons. The Morgan fingerprint density at radius 1 is 1.38 bits per heavy atom. The number of aryl methyl sites for hydroxylation is 1. The van der Waals surface area contributed by atoms with E-state index in [0.29, 0.717) is 16.6 Å². The third-order valence-corrected chi connectivity index (χ3v) is 4.57. The van der Waals surface area contributed by atoms with Gasteiger partial charge in [0.1, 0.15) is 10.7 Å². The lowest BCUT2D eigenvalue weighted by Gasteiger charge is -2.02. The highest BCUT2D eigenvalue weighted by atomic mass is 32.1. The molecule has 6 nitrogen and oxygen atoms in total. The van der Waals surface area contributed by atoms with Gasteiger partial charge in [-0.1, -0.05) is 18.3 Å². The fourth-order valence-corrected chi connectivity index (χ4v) is 3.18. The molecule has 0 radical (unpaired) electrons. The lowest BCUT2D eigenvalue weighted by Crippen LogP contribution is -2.25. The summed E-state index contributed by atoms with van der Waals surface area (Å²) in [6.07, 6.45) is 1.71. The van der Waals surface area contributed by atoms with Crippen molar-refractivity contribution < 1.29 is 4.79 Å². The Bertz CT molecular complexity index is 607. The molecule has 21 heavy (non-hydrogen) atoms. The molecule has 0 unspecified atom stereocenters. The molecule has 4 N–H and O–H groups in total. The maximum absolute atomic E-state index is 12.1. The van der Waals surface area contributed by atoms with E-state index in [1.165, 1.54) is 11.3 Å². The minimum Gasteiger partial charge on any atom is -0.382 e. The molecule has 0 aromatic carbocycles. The zero-order valence-corrected chi connectivity index (χ0v) is 13.7. The van der Waals surface area contributed by atoms with E-state index in [4.69, 9.17) is 5.73 Å². The van der Waals surface area contributed by atoms with Crippen LogP contribution in [0.4, 0.5) is 10.9 Å². The Kier molecular flexibility index (Phi) is 5.51. The van der Waals surface area contributed by atoms with Crippen LogP contribution in [0.5, 0.6) is 0 Å². The number of nitrogen functional groups attached to an aromatic ring is 1. The van der Waals surface area contributed by atoms with Gasteiger partial charge >= 0.3 is 0 Å². The number of carbonyl (C=O) groups is 1. The molecule has 0 bridgehead atoms. The summed E-state index contributed by atoms with van der Waals surface area (Å²) in [5.74, 6) is 0.0992. The van der Waals surface area contributed by atoms with Crippen LogP contribution in [0.25, 0.3) is 0 Å². The van der Waals surface area contributed by atoms with E-state index in [1.54, 1.807) is 11.3 Å². The predicted octanol–water partition coefficient (Wildman–Crippen LogP) is 2.28. The van der Waals surface area contributed by atoms with Gasteiger partial charge in [-0.25, -0.2) is 9.97 Å². The average Bonchev–Trinajstić information content (AvgIpc) is 3.02. The second-order valence-electron chi connectivity index (χ2n) is 4.52. The van der Waals surface area contributed by atoms with Crippen molar-refractivity contribution in [2.75, 3.05) is 24.1 Å². The van der Waals surface area contributed by atoms with Crippen molar-refractivity contribution in [1.29, 1.82) is 0 Å². The number of anilines is 2. The van der Waals surface area contributed by atoms with Gasteiger partial charge in [-0.3, -0.25) is 4.79 Å². The van der Waals surface area contributed by atoms with Crippen LogP contribution in [0.15, 0.2) is 5.38 Å². The van der Waals surface area contributed by atoms with E-state index in [1.807, 2.05) is 12.3 Å². The van der Waals surface area contributed by atoms with Gasteiger partial charge in [0.15, 0.2) is 5.13 Å². The second-order valence-corrected chi connectivity index (χ2v) is 6.59. The number of hydrogen-bond acceptors (Lipinski definition) is 7. The summed E-state index contributed by atoms with van der Waals surface area (Å²) < 4.78 is 0. The number of carbonyl (C=O) groups excluding carboxylic acids is 1. The molecular weight excluding hydrogens is 306 g/mol. The Morgan fingerprint density at radius 2 is 2.19 bits per heavy atom. The maximum Gasteiger partial charge on any atom is 0.265 e. The Balaban J connectivity index is 1.86. The van der Waals surface area contributed by atoms with E-state index >= 15 is 0 Å². The normalized spacial score (nSPS) is 10.6. The van der Waals surface area contributed by atoms with Crippen LogP contribution in [0.1, 0.15) is 33.7 Å². The van der Waals surface area contributed by atoms with Crippen molar-refractivity contribution in [3.63, 3.8) is 0 Å². The van der Waals surface area contributed by atoms with Gasteiger partial charge in [0.2, 0.25) is 0 Å². The second kappa shape index (κ2) is 7.37. The van der Waals surface area contributed by atoms with E-state index in [9.17, 15) is 4.79 Å². The number of nitrogens with zero attached hydrogens (tertiary/aromatic N) is 2. The largest absolute Gasteiger partial charge is 0.382 e. The summed E-state index contributed by atoms with van der Waals surface area (Å²) in [7, 11) is 0. The molecule has 2 aromatic rings. The van der Waals surface area contributed by atoms with E-state index in [0.717, 1.165) is 30.1 Å². The van der Waals surface area contributed by atoms with Gasteiger partial charge in [-0.05, 0) is 13.3 Å².